The molecule has 0 aliphatic heterocycles. The molecular weight excluding hydrogens is 255 g/mol. The minimum atomic E-state index is -3.63. The molecule has 0 heterocycles. The van der Waals surface area contributed by atoms with E-state index in [1.807, 2.05) is 0 Å². The molecule has 18 heavy (non-hydrogen) atoms. The zero-order valence-corrected chi connectivity index (χ0v) is 11.1. The van der Waals surface area contributed by atoms with Crippen LogP contribution in [0.15, 0.2) is 23.1 Å². The minimum Gasteiger partial charge on any atom is -0.398 e. The zero-order chi connectivity index (χ0) is 13.3. The van der Waals surface area contributed by atoms with E-state index in [0.29, 0.717) is 0 Å². The van der Waals surface area contributed by atoms with E-state index in [4.69, 9.17) is 5.73 Å². The van der Waals surface area contributed by atoms with Gasteiger partial charge in [0.15, 0.2) is 0 Å². The van der Waals surface area contributed by atoms with Gasteiger partial charge in [-0.25, -0.2) is 12.8 Å². The molecule has 0 atom stereocenters. The van der Waals surface area contributed by atoms with Gasteiger partial charge in [0.05, 0.1) is 5.69 Å². The van der Waals surface area contributed by atoms with Gasteiger partial charge in [0.25, 0.3) is 0 Å². The average Bonchev–Trinajstić information content (AvgIpc) is 2.80. The number of benzene rings is 1. The number of hydrogen-bond acceptors (Lipinski definition) is 3. The maximum Gasteiger partial charge on any atom is 0.245 e. The van der Waals surface area contributed by atoms with Crippen molar-refractivity contribution in [1.82, 2.24) is 4.31 Å². The van der Waals surface area contributed by atoms with Crippen LogP contribution in [-0.4, -0.2) is 25.8 Å². The van der Waals surface area contributed by atoms with Crippen molar-refractivity contribution in [2.45, 2.75) is 36.6 Å². The minimum absolute atomic E-state index is 0.0155. The van der Waals surface area contributed by atoms with Crippen molar-refractivity contribution in [3.63, 3.8) is 0 Å². The van der Waals surface area contributed by atoms with Crippen LogP contribution in [0.4, 0.5) is 10.1 Å². The Morgan fingerprint density at radius 2 is 1.94 bits per heavy atom. The SMILES string of the molecule is CN(C1CCCC1)S(=O)(=O)c1ccc(F)cc1N. The van der Waals surface area contributed by atoms with Crippen LogP contribution >= 0.6 is 0 Å². The van der Waals surface area contributed by atoms with Crippen molar-refractivity contribution in [3.05, 3.63) is 24.0 Å². The van der Waals surface area contributed by atoms with Crippen molar-refractivity contribution in [2.75, 3.05) is 12.8 Å². The predicted octanol–water partition coefficient (Wildman–Crippen LogP) is 1.97. The highest BCUT2D eigenvalue weighted by atomic mass is 32.2. The first kappa shape index (κ1) is 13.3. The summed E-state index contributed by atoms with van der Waals surface area (Å²) in [7, 11) is -2.06. The van der Waals surface area contributed by atoms with E-state index in [0.717, 1.165) is 37.8 Å². The van der Waals surface area contributed by atoms with E-state index >= 15 is 0 Å². The fourth-order valence-corrected chi connectivity index (χ4v) is 3.88. The molecule has 4 nitrogen and oxygen atoms in total. The summed E-state index contributed by atoms with van der Waals surface area (Å²) < 4.78 is 39.1. The van der Waals surface area contributed by atoms with Crippen LogP contribution in [0.2, 0.25) is 0 Å². The van der Waals surface area contributed by atoms with Gasteiger partial charge < -0.3 is 5.73 Å². The second kappa shape index (κ2) is 4.85. The Labute approximate surface area is 107 Å². The normalized spacial score (nSPS) is 17.5. The molecule has 1 aromatic rings. The van der Waals surface area contributed by atoms with Crippen LogP contribution in [0.3, 0.4) is 0 Å². The van der Waals surface area contributed by atoms with Crippen molar-refractivity contribution >= 4 is 15.7 Å². The Bertz CT molecular complexity index is 539. The van der Waals surface area contributed by atoms with E-state index in [1.54, 1.807) is 7.05 Å². The standard InChI is InChI=1S/C12H17FN2O2S/c1-15(10-4-2-3-5-10)18(16,17)12-7-6-9(13)8-11(12)14/h6-8,10H,2-5,14H2,1H3. The highest BCUT2D eigenvalue weighted by Crippen LogP contribution is 2.29. The number of rotatable bonds is 3. The summed E-state index contributed by atoms with van der Waals surface area (Å²) in [6.45, 7) is 0. The molecule has 1 aromatic carbocycles. The van der Waals surface area contributed by atoms with Crippen molar-refractivity contribution in [3.8, 4) is 0 Å². The molecule has 2 N–H and O–H groups in total. The number of nitrogens with zero attached hydrogens (tertiary/aromatic N) is 1. The summed E-state index contributed by atoms with van der Waals surface area (Å²) in [5, 5.41) is 0. The molecule has 0 amide bonds. The molecule has 0 bridgehead atoms. The lowest BCUT2D eigenvalue weighted by Crippen LogP contribution is -2.35. The number of halogens is 1. The van der Waals surface area contributed by atoms with Crippen LogP contribution in [-0.2, 0) is 10.0 Å². The molecule has 0 spiro atoms. The monoisotopic (exact) mass is 272 g/mol. The Morgan fingerprint density at radius 3 is 2.50 bits per heavy atom. The molecule has 1 fully saturated rings. The second-order valence-electron chi connectivity index (χ2n) is 4.64. The van der Waals surface area contributed by atoms with Gasteiger partial charge in [0.2, 0.25) is 10.0 Å². The van der Waals surface area contributed by atoms with E-state index < -0.39 is 15.8 Å². The molecule has 1 saturated carbocycles. The zero-order valence-electron chi connectivity index (χ0n) is 10.3. The summed E-state index contributed by atoms with van der Waals surface area (Å²) in [6.07, 6.45) is 3.83. The van der Waals surface area contributed by atoms with E-state index in [2.05, 4.69) is 0 Å². The maximum absolute atomic E-state index is 12.9. The molecule has 6 heteroatoms. The van der Waals surface area contributed by atoms with Crippen molar-refractivity contribution in [1.29, 1.82) is 0 Å². The fourth-order valence-electron chi connectivity index (χ4n) is 2.37. The number of nitrogen functional groups attached to an aromatic ring is 1. The molecule has 0 aromatic heterocycles. The molecule has 100 valence electrons. The van der Waals surface area contributed by atoms with Gasteiger partial charge in [-0.05, 0) is 31.0 Å². The van der Waals surface area contributed by atoms with Gasteiger partial charge in [-0.2, -0.15) is 4.31 Å². The molecule has 1 aliphatic carbocycles. The lowest BCUT2D eigenvalue weighted by molar-refractivity contribution is 0.373. The van der Waals surface area contributed by atoms with Crippen LogP contribution in [0.25, 0.3) is 0 Å². The lowest BCUT2D eigenvalue weighted by atomic mass is 10.3. The highest BCUT2D eigenvalue weighted by Gasteiger charge is 2.31. The predicted molar refractivity (Wildman–Crippen MR) is 68.0 cm³/mol. The second-order valence-corrected chi connectivity index (χ2v) is 6.61. The summed E-state index contributed by atoms with van der Waals surface area (Å²) in [4.78, 5) is -0.0155. The van der Waals surface area contributed by atoms with Crippen molar-refractivity contribution < 1.29 is 12.8 Å². The van der Waals surface area contributed by atoms with Gasteiger partial charge in [-0.3, -0.25) is 0 Å². The summed E-state index contributed by atoms with van der Waals surface area (Å²) in [5.74, 6) is -0.532. The van der Waals surface area contributed by atoms with E-state index in [1.165, 1.54) is 10.4 Å². The number of anilines is 1. The first-order valence-corrected chi connectivity index (χ1v) is 7.40. The Morgan fingerprint density at radius 1 is 1.33 bits per heavy atom. The summed E-state index contributed by atoms with van der Waals surface area (Å²) in [6, 6.07) is 3.41. The third-order valence-electron chi connectivity index (χ3n) is 3.47. The van der Waals surface area contributed by atoms with Gasteiger partial charge in [0.1, 0.15) is 10.7 Å². The van der Waals surface area contributed by atoms with Crippen LogP contribution in [0, 0.1) is 5.82 Å². The van der Waals surface area contributed by atoms with Crippen LogP contribution in [0.1, 0.15) is 25.7 Å². The quantitative estimate of drug-likeness (QED) is 0.856. The van der Waals surface area contributed by atoms with Gasteiger partial charge in [-0.1, -0.05) is 12.8 Å². The number of nitrogens with two attached hydrogens (primary N) is 1. The topological polar surface area (TPSA) is 63.4 Å². The first-order chi connectivity index (χ1) is 8.43. The molecule has 0 radical (unpaired) electrons. The van der Waals surface area contributed by atoms with Gasteiger partial charge in [-0.15, -0.1) is 0 Å². The van der Waals surface area contributed by atoms with Crippen LogP contribution in [0.5, 0.6) is 0 Å². The van der Waals surface area contributed by atoms with E-state index in [9.17, 15) is 12.8 Å². The molecule has 1 aliphatic rings. The highest BCUT2D eigenvalue weighted by molar-refractivity contribution is 7.89. The molecular formula is C12H17FN2O2S. The summed E-state index contributed by atoms with van der Waals surface area (Å²) in [5.41, 5.74) is 5.56. The smallest absolute Gasteiger partial charge is 0.245 e. The van der Waals surface area contributed by atoms with E-state index in [-0.39, 0.29) is 16.6 Å². The Balaban J connectivity index is 2.35. The molecule has 2 rings (SSSR count). The number of sulfonamides is 1. The Kier molecular flexibility index (Phi) is 3.59. The third-order valence-corrected chi connectivity index (χ3v) is 5.45. The largest absolute Gasteiger partial charge is 0.398 e. The van der Waals surface area contributed by atoms with Gasteiger partial charge in [0, 0.05) is 13.1 Å². The third kappa shape index (κ3) is 2.35. The summed E-state index contributed by atoms with van der Waals surface area (Å²) >= 11 is 0. The lowest BCUT2D eigenvalue weighted by Gasteiger charge is -2.24. The van der Waals surface area contributed by atoms with Crippen molar-refractivity contribution in [2.24, 2.45) is 0 Å². The molecule has 0 unspecified atom stereocenters. The van der Waals surface area contributed by atoms with Crippen LogP contribution < -0.4 is 5.73 Å². The number of hydrogen-bond donors (Lipinski definition) is 1. The van der Waals surface area contributed by atoms with Gasteiger partial charge >= 0.3 is 0 Å². The maximum atomic E-state index is 12.9. The average molecular weight is 272 g/mol. The fraction of sp³-hybridized carbons (Fsp3) is 0.500. The Hall–Kier alpha value is -1.14. The first-order valence-electron chi connectivity index (χ1n) is 5.96. The molecule has 0 saturated heterocycles.